The zero-order chi connectivity index (χ0) is 27.8. The number of halogens is 3. The molecular weight excluding hydrogens is 525 g/mol. The summed E-state index contributed by atoms with van der Waals surface area (Å²) in [7, 11) is -3.09. The number of carbonyl (C=O) groups is 3. The van der Waals surface area contributed by atoms with Crippen LogP contribution in [0, 0.1) is 11.8 Å². The number of allylic oxidation sites excluding steroid dienone is 1. The van der Waals surface area contributed by atoms with E-state index >= 15 is 0 Å². The maximum atomic E-state index is 13.6. The Hall–Kier alpha value is -3.43. The summed E-state index contributed by atoms with van der Waals surface area (Å²) in [6.45, 7) is 0. The lowest BCUT2D eigenvalue weighted by Crippen LogP contribution is -2.65. The number of carbonyl (C=O) groups excluding carboxylic acids is 3. The Balaban J connectivity index is 1.95. The fourth-order valence-corrected chi connectivity index (χ4v) is 5.98. The molecule has 0 saturated heterocycles. The molecule has 0 spiro atoms. The van der Waals surface area contributed by atoms with E-state index in [1.807, 2.05) is 0 Å². The number of hydrogen-bond donors (Lipinski definition) is 4. The maximum Gasteiger partial charge on any atom is 0.534 e. The smallest absolute Gasteiger partial charge is 0.511 e. The Morgan fingerprint density at radius 2 is 1.81 bits per heavy atom. The van der Waals surface area contributed by atoms with Crippen LogP contribution in [0.5, 0.6) is 5.75 Å². The second-order valence-corrected chi connectivity index (χ2v) is 10.8. The molecule has 5 N–H and O–H groups in total. The van der Waals surface area contributed by atoms with Crippen molar-refractivity contribution in [1.29, 1.82) is 0 Å². The number of rotatable bonds is 4. The largest absolute Gasteiger partial charge is 0.534 e. The topological polar surface area (TPSA) is 185 Å². The van der Waals surface area contributed by atoms with Crippen LogP contribution in [-0.4, -0.2) is 77.4 Å². The van der Waals surface area contributed by atoms with Crippen LogP contribution in [0.15, 0.2) is 40.9 Å². The van der Waals surface area contributed by atoms with Gasteiger partial charge in [0.25, 0.3) is 5.91 Å². The predicted molar refractivity (Wildman–Crippen MR) is 118 cm³/mol. The number of primary amides is 1. The summed E-state index contributed by atoms with van der Waals surface area (Å²) in [5, 5.41) is 33.0. The molecule has 1 amide bonds. The maximum absolute atomic E-state index is 13.6. The van der Waals surface area contributed by atoms with Crippen molar-refractivity contribution in [2.24, 2.45) is 17.6 Å². The first-order chi connectivity index (χ1) is 16.9. The average molecular weight is 546 g/mol. The zero-order valence-electron chi connectivity index (χ0n) is 19.2. The molecule has 0 saturated carbocycles. The van der Waals surface area contributed by atoms with E-state index in [4.69, 9.17) is 5.73 Å². The van der Waals surface area contributed by atoms with Gasteiger partial charge in [-0.1, -0.05) is 12.1 Å². The van der Waals surface area contributed by atoms with Crippen LogP contribution in [0.2, 0.25) is 0 Å². The minimum atomic E-state index is -6.17. The van der Waals surface area contributed by atoms with Crippen molar-refractivity contribution in [3.8, 4) is 5.75 Å². The van der Waals surface area contributed by atoms with Gasteiger partial charge in [-0.15, -0.1) is 0 Å². The monoisotopic (exact) mass is 546 g/mol. The van der Waals surface area contributed by atoms with Crippen molar-refractivity contribution in [2.75, 3.05) is 14.1 Å². The highest BCUT2D eigenvalue weighted by molar-refractivity contribution is 7.88. The van der Waals surface area contributed by atoms with E-state index < -0.39 is 97.0 Å². The van der Waals surface area contributed by atoms with Gasteiger partial charge in [0.05, 0.1) is 5.56 Å². The van der Waals surface area contributed by atoms with E-state index in [9.17, 15) is 51.3 Å². The first-order valence-corrected chi connectivity index (χ1v) is 12.1. The standard InChI is InChI=1S/C22H21F3N2O9S/c1-27(2)16-9-6-8-4-3-5-12(36-37(34,35)22(23,24)25)13(8)17(29)14(9)18(30)21(33)10(16)7-11(28)15(19(21)31)20(26)32/h3-5,9-10,16,28,30,33H,6-7H2,1-2H3,(H2,26,32)/t9?,10?,16-,21-/m0/s1. The summed E-state index contributed by atoms with van der Waals surface area (Å²) in [4.78, 5) is 40.1. The molecule has 200 valence electrons. The second-order valence-electron chi connectivity index (χ2n) is 9.22. The number of hydrogen-bond acceptors (Lipinski definition) is 10. The lowest BCUT2D eigenvalue weighted by Gasteiger charge is -2.52. The van der Waals surface area contributed by atoms with Crippen LogP contribution in [0.3, 0.4) is 0 Å². The third-order valence-electron chi connectivity index (χ3n) is 6.97. The van der Waals surface area contributed by atoms with Crippen molar-refractivity contribution >= 4 is 27.6 Å². The lowest BCUT2D eigenvalue weighted by molar-refractivity contribution is -0.149. The number of benzene rings is 1. The number of aliphatic hydroxyl groups excluding tert-OH is 2. The van der Waals surface area contributed by atoms with Crippen molar-refractivity contribution < 1.29 is 55.5 Å². The molecule has 1 aromatic carbocycles. The Bertz CT molecular complexity index is 1410. The molecule has 0 heterocycles. The summed E-state index contributed by atoms with van der Waals surface area (Å²) in [5.41, 5.74) is -5.56. The molecule has 37 heavy (non-hydrogen) atoms. The number of nitrogens with two attached hydrogens (primary N) is 1. The van der Waals surface area contributed by atoms with Crippen LogP contribution in [0.4, 0.5) is 13.2 Å². The van der Waals surface area contributed by atoms with E-state index in [1.54, 1.807) is 0 Å². The van der Waals surface area contributed by atoms with Gasteiger partial charge in [0, 0.05) is 29.9 Å². The van der Waals surface area contributed by atoms with Gasteiger partial charge < -0.3 is 30.1 Å². The van der Waals surface area contributed by atoms with Crippen molar-refractivity contribution in [1.82, 2.24) is 4.90 Å². The van der Waals surface area contributed by atoms with Crippen LogP contribution in [0.25, 0.3) is 0 Å². The van der Waals surface area contributed by atoms with Gasteiger partial charge in [0.1, 0.15) is 17.1 Å². The normalized spacial score (nSPS) is 28.1. The predicted octanol–water partition coefficient (Wildman–Crippen LogP) is 0.643. The average Bonchev–Trinajstić information content (AvgIpc) is 2.75. The van der Waals surface area contributed by atoms with E-state index in [1.165, 1.54) is 31.1 Å². The fraction of sp³-hybridized carbons (Fsp3) is 0.409. The van der Waals surface area contributed by atoms with Crippen LogP contribution in [0.1, 0.15) is 22.3 Å². The number of fused-ring (bicyclic) bond motifs is 3. The minimum absolute atomic E-state index is 0.0958. The summed E-state index contributed by atoms with van der Waals surface area (Å²) in [6, 6.07) is 2.44. The highest BCUT2D eigenvalue weighted by atomic mass is 32.2. The molecule has 3 aliphatic carbocycles. The fourth-order valence-electron chi connectivity index (χ4n) is 5.51. The quantitative estimate of drug-likeness (QED) is 0.237. The van der Waals surface area contributed by atoms with Gasteiger partial charge in [0.2, 0.25) is 5.78 Å². The summed E-state index contributed by atoms with van der Waals surface area (Å²) in [5.74, 6) is -9.05. The third-order valence-corrected chi connectivity index (χ3v) is 7.94. The molecule has 4 atom stereocenters. The molecule has 0 fully saturated rings. The van der Waals surface area contributed by atoms with E-state index in [0.29, 0.717) is 0 Å². The first-order valence-electron chi connectivity index (χ1n) is 10.7. The highest BCUT2D eigenvalue weighted by Crippen LogP contribution is 2.52. The van der Waals surface area contributed by atoms with Crippen molar-refractivity contribution in [3.05, 3.63) is 52.0 Å². The number of Topliss-reactive ketones (excluding diaryl/α,β-unsaturated/α-hetero) is 2. The number of nitrogens with zero attached hydrogens (tertiary/aromatic N) is 1. The Morgan fingerprint density at radius 3 is 2.35 bits per heavy atom. The molecule has 0 aliphatic heterocycles. The number of ketones is 2. The highest BCUT2D eigenvalue weighted by Gasteiger charge is 2.63. The summed E-state index contributed by atoms with van der Waals surface area (Å²) >= 11 is 0. The van der Waals surface area contributed by atoms with Gasteiger partial charge in [-0.3, -0.25) is 14.4 Å². The Labute approximate surface area is 207 Å². The van der Waals surface area contributed by atoms with Gasteiger partial charge in [-0.05, 0) is 32.1 Å². The van der Waals surface area contributed by atoms with Gasteiger partial charge in [0.15, 0.2) is 17.1 Å². The number of alkyl halides is 3. The molecule has 11 nitrogen and oxygen atoms in total. The van der Waals surface area contributed by atoms with Gasteiger partial charge in [-0.25, -0.2) is 0 Å². The van der Waals surface area contributed by atoms with Crippen LogP contribution in [-0.2, 0) is 26.1 Å². The molecule has 15 heteroatoms. The van der Waals surface area contributed by atoms with E-state index in [-0.39, 0.29) is 12.0 Å². The minimum Gasteiger partial charge on any atom is -0.511 e. The molecule has 1 aromatic rings. The molecule has 4 rings (SSSR count). The number of aliphatic hydroxyl groups is 3. The zero-order valence-corrected chi connectivity index (χ0v) is 20.1. The Morgan fingerprint density at radius 1 is 1.19 bits per heavy atom. The van der Waals surface area contributed by atoms with Crippen molar-refractivity contribution in [2.45, 2.75) is 30.0 Å². The molecule has 2 unspecified atom stereocenters. The van der Waals surface area contributed by atoms with Gasteiger partial charge in [-0.2, -0.15) is 21.6 Å². The Kier molecular flexibility index (Phi) is 5.97. The van der Waals surface area contributed by atoms with E-state index in [0.717, 1.165) is 6.07 Å². The van der Waals surface area contributed by atoms with Crippen LogP contribution >= 0.6 is 0 Å². The lowest BCUT2D eigenvalue weighted by atomic mass is 9.57. The molecule has 3 aliphatic rings. The third kappa shape index (κ3) is 3.71. The second kappa shape index (κ2) is 8.29. The summed E-state index contributed by atoms with van der Waals surface area (Å²) < 4.78 is 66.3. The molecular formula is C22H21F3N2O9S. The molecule has 0 bridgehead atoms. The molecule has 0 aromatic heterocycles. The van der Waals surface area contributed by atoms with Gasteiger partial charge >= 0.3 is 15.6 Å². The number of amides is 1. The van der Waals surface area contributed by atoms with Crippen molar-refractivity contribution in [3.63, 3.8) is 0 Å². The molecule has 0 radical (unpaired) electrons. The summed E-state index contributed by atoms with van der Waals surface area (Å²) in [6.07, 6.45) is -0.605. The van der Waals surface area contributed by atoms with E-state index in [2.05, 4.69) is 4.18 Å². The van der Waals surface area contributed by atoms with Crippen LogP contribution < -0.4 is 9.92 Å². The first kappa shape index (κ1) is 26.6. The SMILES string of the molecule is CN(C)[C@H]1C2Cc3cccc(OS(=O)(=O)C(F)(F)F)c3C(=O)C2=C(O)[C@]2(O)C(=O)C(C(N)=O)=C(O)CC12.